The van der Waals surface area contributed by atoms with E-state index in [1.807, 2.05) is 24.3 Å². The minimum Gasteiger partial charge on any atom is -0.477 e. The number of amides is 1. The van der Waals surface area contributed by atoms with Crippen molar-refractivity contribution in [3.05, 3.63) is 93.4 Å². The van der Waals surface area contributed by atoms with Crippen LogP contribution in [0, 0.1) is 29.1 Å². The van der Waals surface area contributed by atoms with E-state index in [1.54, 1.807) is 0 Å². The molecule has 0 saturated carbocycles. The Bertz CT molecular complexity index is 1540. The van der Waals surface area contributed by atoms with Crippen molar-refractivity contribution in [3.63, 3.8) is 0 Å². The summed E-state index contributed by atoms with van der Waals surface area (Å²) >= 11 is 0. The molecule has 5 nitrogen and oxygen atoms in total. The van der Waals surface area contributed by atoms with E-state index >= 15 is 0 Å². The molecule has 0 unspecified atom stereocenters. The Labute approximate surface area is 207 Å². The number of rotatable bonds is 5. The van der Waals surface area contributed by atoms with Gasteiger partial charge in [0.05, 0.1) is 5.39 Å². The molecule has 0 saturated heterocycles. The highest BCUT2D eigenvalue weighted by atomic mass is 19.2. The zero-order valence-corrected chi connectivity index (χ0v) is 19.8. The largest absolute Gasteiger partial charge is 0.477 e. The third kappa shape index (κ3) is 5.18. The highest BCUT2D eigenvalue weighted by Crippen LogP contribution is 2.30. The van der Waals surface area contributed by atoms with E-state index in [2.05, 4.69) is 30.8 Å². The normalized spacial score (nSPS) is 11.6. The molecule has 0 spiro atoms. The number of fused-ring (bicyclic) bond motifs is 1. The summed E-state index contributed by atoms with van der Waals surface area (Å²) in [5, 5.41) is 2.47. The Hall–Kier alpha value is -4.21. The lowest BCUT2D eigenvalue weighted by atomic mass is 9.86. The van der Waals surface area contributed by atoms with Gasteiger partial charge in [-0.25, -0.2) is 13.2 Å². The second kappa shape index (κ2) is 9.68. The summed E-state index contributed by atoms with van der Waals surface area (Å²) < 4.78 is 77.5. The van der Waals surface area contributed by atoms with E-state index < -0.39 is 47.3 Å². The average molecular weight is 517 g/mol. The van der Waals surface area contributed by atoms with Gasteiger partial charge in [-0.05, 0) is 29.2 Å². The van der Waals surface area contributed by atoms with Gasteiger partial charge < -0.3 is 14.5 Å². The average Bonchev–Trinajstić information content (AvgIpc) is 2.86. The molecule has 4 rings (SSSR count). The van der Waals surface area contributed by atoms with Crippen molar-refractivity contribution in [2.75, 3.05) is 11.9 Å². The molecule has 4 aromatic rings. The highest BCUT2D eigenvalue weighted by Gasteiger charge is 2.27. The molecular weight excluding hydrogens is 497 g/mol. The van der Waals surface area contributed by atoms with Gasteiger partial charge in [0.15, 0.2) is 17.8 Å². The monoisotopic (exact) mass is 517 g/mol. The molecule has 10 heteroatoms. The van der Waals surface area contributed by atoms with E-state index in [0.29, 0.717) is 11.3 Å². The van der Waals surface area contributed by atoms with Crippen LogP contribution >= 0.6 is 0 Å². The van der Waals surface area contributed by atoms with Crippen LogP contribution in [0.4, 0.5) is 27.6 Å². The van der Waals surface area contributed by atoms with Gasteiger partial charge in [0.1, 0.15) is 11.3 Å². The van der Waals surface area contributed by atoms with Crippen LogP contribution in [0.15, 0.2) is 57.7 Å². The van der Waals surface area contributed by atoms with E-state index in [4.69, 9.17) is 4.42 Å². The number of hydrogen-bond acceptors (Lipinski definition) is 4. The number of benzene rings is 3. The molecule has 1 N–H and O–H groups in total. The smallest absolute Gasteiger partial charge is 0.262 e. The Morgan fingerprint density at radius 1 is 0.865 bits per heavy atom. The number of carbonyl (C=O) groups excluding carboxylic acids is 1. The van der Waals surface area contributed by atoms with E-state index in [-0.39, 0.29) is 27.5 Å². The first-order valence-corrected chi connectivity index (χ1v) is 11.0. The lowest BCUT2D eigenvalue weighted by molar-refractivity contribution is -0.118. The zero-order valence-electron chi connectivity index (χ0n) is 19.8. The van der Waals surface area contributed by atoms with Crippen LogP contribution in [0.3, 0.4) is 0 Å². The molecule has 3 aromatic carbocycles. The van der Waals surface area contributed by atoms with Gasteiger partial charge in [0.25, 0.3) is 5.91 Å². The maximum absolute atomic E-state index is 13.7. The van der Waals surface area contributed by atoms with Gasteiger partial charge in [0.2, 0.25) is 29.1 Å². The summed E-state index contributed by atoms with van der Waals surface area (Å²) in [7, 11) is 0. The summed E-state index contributed by atoms with van der Waals surface area (Å²) in [5.41, 5.74) is 1.76. The molecule has 0 aliphatic carbocycles. The summed E-state index contributed by atoms with van der Waals surface area (Å²) in [4.78, 5) is 24.9. The maximum Gasteiger partial charge on any atom is 0.262 e. The minimum atomic E-state index is -2.34. The fourth-order valence-electron chi connectivity index (χ4n) is 3.56. The van der Waals surface area contributed by atoms with Crippen molar-refractivity contribution in [2.24, 2.45) is 0 Å². The summed E-state index contributed by atoms with van der Waals surface area (Å²) in [6.45, 7) is 5.19. The second-order valence-corrected chi connectivity index (χ2v) is 9.25. The van der Waals surface area contributed by atoms with Crippen molar-refractivity contribution in [1.29, 1.82) is 0 Å². The van der Waals surface area contributed by atoms with Gasteiger partial charge in [-0.1, -0.05) is 45.0 Å². The van der Waals surface area contributed by atoms with Crippen molar-refractivity contribution in [3.8, 4) is 17.1 Å². The number of ether oxygens (including phenoxy) is 1. The van der Waals surface area contributed by atoms with Gasteiger partial charge in [-0.3, -0.25) is 9.59 Å². The standard InChI is InChI=1S/C27H20F5NO4/c1-27(2,3)14-6-4-13(5-7-14)19-11-17(34)16-10-15(8-9-18(16)37-19)33-20(35)12-36-26-24(31)22(29)21(28)23(30)25(26)32/h4-11H,12H2,1-3H3,(H,33,35). The predicted molar refractivity (Wildman–Crippen MR) is 127 cm³/mol. The Morgan fingerprint density at radius 3 is 2.05 bits per heavy atom. The first-order valence-electron chi connectivity index (χ1n) is 11.0. The van der Waals surface area contributed by atoms with E-state index in [0.717, 1.165) is 5.56 Å². The Balaban J connectivity index is 1.52. The predicted octanol–water partition coefficient (Wildman–Crippen LogP) is 6.47. The van der Waals surface area contributed by atoms with Crippen molar-refractivity contribution in [1.82, 2.24) is 0 Å². The molecule has 0 aliphatic rings. The molecule has 1 amide bonds. The quantitative estimate of drug-likeness (QED) is 0.187. The lowest BCUT2D eigenvalue weighted by Crippen LogP contribution is -2.21. The van der Waals surface area contributed by atoms with Gasteiger partial charge >= 0.3 is 0 Å². The minimum absolute atomic E-state index is 0.0393. The maximum atomic E-state index is 13.7. The molecule has 0 radical (unpaired) electrons. The molecule has 0 aliphatic heterocycles. The molecule has 37 heavy (non-hydrogen) atoms. The van der Waals surface area contributed by atoms with Crippen LogP contribution in [-0.4, -0.2) is 12.5 Å². The van der Waals surface area contributed by atoms with E-state index in [9.17, 15) is 31.5 Å². The number of halogens is 5. The third-order valence-electron chi connectivity index (χ3n) is 5.56. The van der Waals surface area contributed by atoms with Crippen molar-refractivity contribution < 1.29 is 35.9 Å². The number of anilines is 1. The summed E-state index contributed by atoms with van der Waals surface area (Å²) in [6.07, 6.45) is 0. The van der Waals surface area contributed by atoms with Crippen LogP contribution in [0.2, 0.25) is 0 Å². The Kier molecular flexibility index (Phi) is 6.77. The molecule has 1 aromatic heterocycles. The SMILES string of the molecule is CC(C)(C)c1ccc(-c2cc(=O)c3cc(NC(=O)COc4c(F)c(F)c(F)c(F)c4F)ccc3o2)cc1. The Morgan fingerprint density at radius 2 is 1.46 bits per heavy atom. The molecule has 1 heterocycles. The van der Waals surface area contributed by atoms with Crippen LogP contribution in [-0.2, 0) is 10.2 Å². The molecule has 0 bridgehead atoms. The van der Waals surface area contributed by atoms with Crippen LogP contribution in [0.5, 0.6) is 5.75 Å². The summed E-state index contributed by atoms with van der Waals surface area (Å²) in [5.74, 6) is -13.3. The van der Waals surface area contributed by atoms with Gasteiger partial charge in [-0.2, -0.15) is 8.78 Å². The van der Waals surface area contributed by atoms with Gasteiger partial charge in [0, 0.05) is 17.3 Å². The fourth-order valence-corrected chi connectivity index (χ4v) is 3.56. The van der Waals surface area contributed by atoms with Crippen LogP contribution in [0.1, 0.15) is 26.3 Å². The topological polar surface area (TPSA) is 68.5 Å². The molecule has 0 fully saturated rings. The van der Waals surface area contributed by atoms with Crippen molar-refractivity contribution >= 4 is 22.6 Å². The number of nitrogens with one attached hydrogen (secondary N) is 1. The summed E-state index contributed by atoms with van der Waals surface area (Å²) in [6, 6.07) is 13.1. The highest BCUT2D eigenvalue weighted by molar-refractivity contribution is 5.94. The first kappa shape index (κ1) is 25.9. The third-order valence-corrected chi connectivity index (χ3v) is 5.56. The first-order chi connectivity index (χ1) is 17.4. The van der Waals surface area contributed by atoms with Crippen molar-refractivity contribution in [2.45, 2.75) is 26.2 Å². The van der Waals surface area contributed by atoms with Crippen LogP contribution < -0.4 is 15.5 Å². The molecule has 192 valence electrons. The van der Waals surface area contributed by atoms with Gasteiger partial charge in [-0.15, -0.1) is 0 Å². The number of hydrogen-bond donors (Lipinski definition) is 1. The zero-order chi connectivity index (χ0) is 27.1. The second-order valence-electron chi connectivity index (χ2n) is 9.25. The van der Waals surface area contributed by atoms with Crippen LogP contribution in [0.25, 0.3) is 22.3 Å². The molecular formula is C27H20F5NO4. The lowest BCUT2D eigenvalue weighted by Gasteiger charge is -2.19. The number of carbonyl (C=O) groups is 1. The van der Waals surface area contributed by atoms with E-state index in [1.165, 1.54) is 24.3 Å². The fraction of sp³-hybridized carbons (Fsp3) is 0.185. The molecule has 0 atom stereocenters.